The van der Waals surface area contributed by atoms with Gasteiger partial charge in [-0.2, -0.15) is 0 Å². The number of aryl methyl sites for hydroxylation is 1. The highest BCUT2D eigenvalue weighted by molar-refractivity contribution is 5.99. The number of carbonyl (C=O) groups is 4. The van der Waals surface area contributed by atoms with Crippen LogP contribution in [0.4, 0.5) is 5.69 Å². The van der Waals surface area contributed by atoms with Crippen LogP contribution in [-0.4, -0.2) is 59.2 Å². The van der Waals surface area contributed by atoms with E-state index < -0.39 is 35.1 Å². The van der Waals surface area contributed by atoms with Gasteiger partial charge in [0, 0.05) is 48.6 Å². The minimum Gasteiger partial charge on any atom is -0.460 e. The Morgan fingerprint density at radius 2 is 1.84 bits per heavy atom. The number of aliphatic imine (C=N–C) groups is 1. The molecule has 12 nitrogen and oxygen atoms in total. The highest BCUT2D eigenvalue weighted by Crippen LogP contribution is 2.29. The van der Waals surface area contributed by atoms with E-state index in [4.69, 9.17) is 20.6 Å². The number of nitrogens with zero attached hydrogens (tertiary/aromatic N) is 2. The van der Waals surface area contributed by atoms with Crippen LogP contribution < -0.4 is 22.4 Å². The van der Waals surface area contributed by atoms with Crippen LogP contribution in [0, 0.1) is 24.7 Å². The van der Waals surface area contributed by atoms with E-state index in [1.54, 1.807) is 50.8 Å². The first-order chi connectivity index (χ1) is 21.1. The second-order valence-corrected chi connectivity index (χ2v) is 13.1. The molecule has 5 N–H and O–H groups in total. The minimum atomic E-state index is -0.730. The Bertz CT molecular complexity index is 1490. The maximum Gasteiger partial charge on any atom is 0.336 e. The van der Waals surface area contributed by atoms with Crippen LogP contribution in [0.15, 0.2) is 38.5 Å². The zero-order valence-electron chi connectivity index (χ0n) is 27.2. The van der Waals surface area contributed by atoms with Crippen LogP contribution in [0.1, 0.15) is 78.7 Å². The Kier molecular flexibility index (Phi) is 11.9. The third kappa shape index (κ3) is 10.2. The summed E-state index contributed by atoms with van der Waals surface area (Å²) >= 11 is 0. The summed E-state index contributed by atoms with van der Waals surface area (Å²) in [6.07, 6.45) is 1.72. The lowest BCUT2D eigenvalue weighted by Gasteiger charge is -2.31. The molecule has 0 saturated carbocycles. The van der Waals surface area contributed by atoms with Gasteiger partial charge in [0.05, 0.1) is 18.4 Å². The monoisotopic (exact) mass is 625 g/mol. The molecule has 0 spiro atoms. The summed E-state index contributed by atoms with van der Waals surface area (Å²) in [7, 11) is 0. The number of esters is 1. The lowest BCUT2D eigenvalue weighted by atomic mass is 9.89. The molecule has 1 aromatic heterocycles. The normalized spacial score (nSPS) is 16.3. The molecule has 3 rings (SSSR count). The zero-order valence-corrected chi connectivity index (χ0v) is 27.2. The lowest BCUT2D eigenvalue weighted by molar-refractivity contribution is -0.159. The van der Waals surface area contributed by atoms with Crippen molar-refractivity contribution in [1.29, 1.82) is 0 Å². The van der Waals surface area contributed by atoms with Gasteiger partial charge >= 0.3 is 11.6 Å². The molecule has 0 aliphatic carbocycles. The fraction of sp³-hybridized carbons (Fsp3) is 0.576. The fourth-order valence-electron chi connectivity index (χ4n) is 5.65. The number of nitrogens with two attached hydrogens (primary N) is 2. The Morgan fingerprint density at radius 1 is 1.13 bits per heavy atom. The van der Waals surface area contributed by atoms with Crippen molar-refractivity contribution in [3.63, 3.8) is 0 Å². The number of hydrogen-bond donors (Lipinski definition) is 3. The lowest BCUT2D eigenvalue weighted by Crippen LogP contribution is -2.46. The van der Waals surface area contributed by atoms with Gasteiger partial charge in [0.15, 0.2) is 11.7 Å². The first-order valence-corrected chi connectivity index (χ1v) is 15.5. The number of benzene rings is 1. The van der Waals surface area contributed by atoms with Gasteiger partial charge in [0.25, 0.3) is 0 Å². The van der Waals surface area contributed by atoms with Crippen LogP contribution in [0.25, 0.3) is 11.0 Å². The van der Waals surface area contributed by atoms with Crippen molar-refractivity contribution in [3.8, 4) is 0 Å². The number of hydrogen-bond acceptors (Lipinski definition) is 8. The van der Waals surface area contributed by atoms with Crippen LogP contribution in [0.2, 0.25) is 0 Å². The number of ether oxygens (including phenoxy) is 1. The third-order valence-electron chi connectivity index (χ3n) is 7.88. The van der Waals surface area contributed by atoms with Gasteiger partial charge in [-0.05, 0) is 77.0 Å². The van der Waals surface area contributed by atoms with Gasteiger partial charge in [-0.1, -0.05) is 13.8 Å². The molecule has 0 bridgehead atoms. The van der Waals surface area contributed by atoms with E-state index in [2.05, 4.69) is 10.3 Å². The summed E-state index contributed by atoms with van der Waals surface area (Å²) < 4.78 is 10.8. The number of nitrogens with one attached hydrogen (secondary N) is 1. The van der Waals surface area contributed by atoms with E-state index in [9.17, 15) is 24.0 Å². The number of guanidine groups is 1. The molecule has 2 aromatic rings. The molecule has 0 unspecified atom stereocenters. The van der Waals surface area contributed by atoms with Gasteiger partial charge in [0.2, 0.25) is 11.8 Å². The summed E-state index contributed by atoms with van der Waals surface area (Å²) in [5.41, 5.74) is 11.2. The molecule has 3 atom stereocenters. The van der Waals surface area contributed by atoms with E-state index in [-0.39, 0.29) is 48.9 Å². The molecule has 2 heterocycles. The Balaban J connectivity index is 1.77. The molecule has 2 amide bonds. The van der Waals surface area contributed by atoms with Gasteiger partial charge in [-0.25, -0.2) is 4.79 Å². The third-order valence-corrected chi connectivity index (χ3v) is 7.88. The summed E-state index contributed by atoms with van der Waals surface area (Å²) in [5.74, 6) is -2.90. The average molecular weight is 626 g/mol. The molecule has 1 aliphatic rings. The topological polar surface area (TPSA) is 187 Å². The van der Waals surface area contributed by atoms with E-state index in [0.29, 0.717) is 43.5 Å². The maximum atomic E-state index is 13.7. The maximum absolute atomic E-state index is 13.7. The molecule has 1 fully saturated rings. The van der Waals surface area contributed by atoms with E-state index in [0.717, 1.165) is 10.9 Å². The minimum absolute atomic E-state index is 0.0637. The van der Waals surface area contributed by atoms with Crippen molar-refractivity contribution in [1.82, 2.24) is 4.90 Å². The second kappa shape index (κ2) is 15.2. The average Bonchev–Trinajstić information content (AvgIpc) is 3.41. The Labute approximate surface area is 263 Å². The summed E-state index contributed by atoms with van der Waals surface area (Å²) in [4.78, 5) is 71.0. The number of fused-ring (bicyclic) bond motifs is 1. The highest BCUT2D eigenvalue weighted by atomic mass is 16.6. The molecule has 45 heavy (non-hydrogen) atoms. The molecule has 246 valence electrons. The molecule has 12 heteroatoms. The summed E-state index contributed by atoms with van der Waals surface area (Å²) in [6, 6.07) is 5.75. The molecule has 1 aromatic carbocycles. The fourth-order valence-corrected chi connectivity index (χ4v) is 5.65. The van der Waals surface area contributed by atoms with Crippen molar-refractivity contribution in [2.75, 3.05) is 18.4 Å². The predicted molar refractivity (Wildman–Crippen MR) is 172 cm³/mol. The Morgan fingerprint density at radius 3 is 2.49 bits per heavy atom. The molecule has 1 aliphatic heterocycles. The largest absolute Gasteiger partial charge is 0.460 e. The van der Waals surface area contributed by atoms with Crippen LogP contribution in [-0.2, 0) is 23.9 Å². The van der Waals surface area contributed by atoms with Crippen LogP contribution in [0.5, 0.6) is 0 Å². The standard InChI is InChI=1S/C33H47N5O7/c1-19(2)24(18-29(41)45-33(4,5)6)31(43)38-14-8-10-25(38)26(39)16-21(9-7-13-36-32(34)35)30(42)37-22-11-12-23-20(3)15-28(40)44-27(23)17-22/h11-12,15,17,19,21,24-25H,7-10,13-14,16,18H2,1-6H3,(H,37,42)(H4,34,35,36)/t21-,24+,25+/m1/s1. The predicted octanol–water partition coefficient (Wildman–Crippen LogP) is 3.66. The van der Waals surface area contributed by atoms with Gasteiger partial charge < -0.3 is 30.8 Å². The molecule has 1 saturated heterocycles. The van der Waals surface area contributed by atoms with Crippen molar-refractivity contribution >= 4 is 46.2 Å². The summed E-state index contributed by atoms with van der Waals surface area (Å²) in [5, 5.41) is 3.60. The van der Waals surface area contributed by atoms with E-state index in [1.165, 1.54) is 6.07 Å². The number of amides is 2. The van der Waals surface area contributed by atoms with Gasteiger partial charge in [-0.3, -0.25) is 24.2 Å². The van der Waals surface area contributed by atoms with Crippen molar-refractivity contribution in [2.24, 2.45) is 34.2 Å². The van der Waals surface area contributed by atoms with Crippen molar-refractivity contribution in [3.05, 3.63) is 40.2 Å². The van der Waals surface area contributed by atoms with Crippen molar-refractivity contribution in [2.45, 2.75) is 91.7 Å². The van der Waals surface area contributed by atoms with Crippen LogP contribution >= 0.6 is 0 Å². The van der Waals surface area contributed by atoms with Crippen molar-refractivity contribution < 1.29 is 28.3 Å². The first kappa shape index (κ1) is 35.3. The molecular weight excluding hydrogens is 578 g/mol. The number of Topliss-reactive ketones (excluding diaryl/α,β-unsaturated/α-hetero) is 1. The second-order valence-electron chi connectivity index (χ2n) is 13.1. The number of rotatable bonds is 13. The number of likely N-dealkylation sites (tertiary alicyclic amines) is 1. The van der Waals surface area contributed by atoms with E-state index >= 15 is 0 Å². The highest BCUT2D eigenvalue weighted by Gasteiger charge is 2.40. The quantitative estimate of drug-likeness (QED) is 0.0981. The SMILES string of the molecule is Cc1cc(=O)oc2cc(NC(=O)[C@H](CCCN=C(N)N)CC(=O)[C@@H]3CCCN3C(=O)[C@@H](CC(=O)OC(C)(C)C)C(C)C)ccc12. The Hall–Kier alpha value is -4.22. The smallest absolute Gasteiger partial charge is 0.336 e. The number of carbonyl (C=O) groups excluding carboxylic acids is 4. The zero-order chi connectivity index (χ0) is 33.5. The summed E-state index contributed by atoms with van der Waals surface area (Å²) in [6.45, 7) is 11.5. The number of anilines is 1. The molecule has 0 radical (unpaired) electrons. The van der Waals surface area contributed by atoms with Crippen LogP contribution in [0.3, 0.4) is 0 Å². The van der Waals surface area contributed by atoms with E-state index in [1.807, 2.05) is 13.8 Å². The number of ketones is 1. The first-order valence-electron chi connectivity index (χ1n) is 15.5. The van der Waals surface area contributed by atoms with Gasteiger partial charge in [-0.15, -0.1) is 0 Å². The van der Waals surface area contributed by atoms with Gasteiger partial charge in [0.1, 0.15) is 11.2 Å². The molecular formula is C33H47N5O7.